The minimum atomic E-state index is -3.36. The van der Waals surface area contributed by atoms with Gasteiger partial charge in [-0.2, -0.15) is 0 Å². The average Bonchev–Trinajstić information content (AvgIpc) is 2.38. The van der Waals surface area contributed by atoms with Crippen LogP contribution in [0.15, 0.2) is 30.3 Å². The summed E-state index contributed by atoms with van der Waals surface area (Å²) in [5.74, 6) is 0.869. The van der Waals surface area contributed by atoms with Crippen molar-refractivity contribution in [1.29, 1.82) is 0 Å². The van der Waals surface area contributed by atoms with Crippen LogP contribution in [-0.2, 0) is 15.8 Å². The van der Waals surface area contributed by atoms with E-state index in [0.29, 0.717) is 11.8 Å². The lowest BCUT2D eigenvalue weighted by atomic mass is 9.78. The van der Waals surface area contributed by atoms with Gasteiger partial charge in [-0.3, -0.25) is 0 Å². The molecule has 1 aromatic carbocycles. The first kappa shape index (κ1) is 15.8. The standard InChI is InChI=1S/C15H22ClNO2S/c1-13-6-5-9-15(10-13,12-16)17-20(18,19)11-14-7-3-2-4-8-14/h2-4,7-8,13,17H,5-6,9-12H2,1H3. The van der Waals surface area contributed by atoms with Gasteiger partial charge in [-0.05, 0) is 24.3 Å². The van der Waals surface area contributed by atoms with Crippen LogP contribution in [-0.4, -0.2) is 19.8 Å². The molecule has 1 saturated carbocycles. The molecule has 2 atom stereocenters. The van der Waals surface area contributed by atoms with E-state index < -0.39 is 15.6 Å². The second-order valence-corrected chi connectivity index (χ2v) is 7.95. The Morgan fingerprint density at radius 3 is 2.65 bits per heavy atom. The minimum Gasteiger partial charge on any atom is -0.212 e. The molecule has 0 aliphatic heterocycles. The molecule has 1 aliphatic rings. The number of nitrogens with one attached hydrogen (secondary N) is 1. The fraction of sp³-hybridized carbons (Fsp3) is 0.600. The molecule has 0 heterocycles. The number of halogens is 1. The quantitative estimate of drug-likeness (QED) is 0.847. The summed E-state index contributed by atoms with van der Waals surface area (Å²) >= 11 is 6.08. The van der Waals surface area contributed by atoms with Gasteiger partial charge in [0.25, 0.3) is 0 Å². The van der Waals surface area contributed by atoms with Crippen LogP contribution in [0.2, 0.25) is 0 Å². The van der Waals surface area contributed by atoms with Crippen molar-refractivity contribution in [2.45, 2.75) is 43.9 Å². The second kappa shape index (κ2) is 6.46. The molecule has 3 nitrogen and oxygen atoms in total. The predicted octanol–water partition coefficient (Wildman–Crippen LogP) is 3.29. The van der Waals surface area contributed by atoms with Gasteiger partial charge in [0.15, 0.2) is 0 Å². The Hall–Kier alpha value is -0.580. The van der Waals surface area contributed by atoms with Crippen molar-refractivity contribution in [2.24, 2.45) is 5.92 Å². The van der Waals surface area contributed by atoms with Gasteiger partial charge in [0.05, 0.1) is 5.75 Å². The summed E-state index contributed by atoms with van der Waals surface area (Å²) in [6, 6.07) is 9.24. The third-order valence-electron chi connectivity index (χ3n) is 3.92. The van der Waals surface area contributed by atoms with Crippen LogP contribution in [0.25, 0.3) is 0 Å². The van der Waals surface area contributed by atoms with Gasteiger partial charge in [-0.15, -0.1) is 11.6 Å². The summed E-state index contributed by atoms with van der Waals surface area (Å²) in [6.45, 7) is 2.16. The van der Waals surface area contributed by atoms with Crippen LogP contribution in [0.1, 0.15) is 38.2 Å². The highest BCUT2D eigenvalue weighted by Gasteiger charge is 2.37. The average molecular weight is 316 g/mol. The Labute approximate surface area is 126 Å². The molecular formula is C15H22ClNO2S. The summed E-state index contributed by atoms with van der Waals surface area (Å²) in [6.07, 6.45) is 3.83. The molecule has 1 fully saturated rings. The molecule has 112 valence electrons. The zero-order valence-electron chi connectivity index (χ0n) is 11.8. The van der Waals surface area contributed by atoms with E-state index in [1.807, 2.05) is 30.3 Å². The number of sulfonamides is 1. The fourth-order valence-electron chi connectivity index (χ4n) is 3.06. The van der Waals surface area contributed by atoms with Gasteiger partial charge in [-0.25, -0.2) is 13.1 Å². The predicted molar refractivity (Wildman–Crippen MR) is 83.3 cm³/mol. The highest BCUT2D eigenvalue weighted by molar-refractivity contribution is 7.88. The van der Waals surface area contributed by atoms with Crippen molar-refractivity contribution < 1.29 is 8.42 Å². The van der Waals surface area contributed by atoms with Gasteiger partial charge in [0.1, 0.15) is 0 Å². The van der Waals surface area contributed by atoms with Crippen LogP contribution in [0.3, 0.4) is 0 Å². The number of benzene rings is 1. The molecule has 1 aliphatic carbocycles. The maximum absolute atomic E-state index is 12.4. The Balaban J connectivity index is 2.10. The third-order valence-corrected chi connectivity index (χ3v) is 5.89. The molecule has 2 rings (SSSR count). The largest absolute Gasteiger partial charge is 0.216 e. The molecular weight excluding hydrogens is 294 g/mol. The highest BCUT2D eigenvalue weighted by Crippen LogP contribution is 2.34. The van der Waals surface area contributed by atoms with Crippen LogP contribution < -0.4 is 4.72 Å². The van der Waals surface area contributed by atoms with Crippen molar-refractivity contribution >= 4 is 21.6 Å². The first-order chi connectivity index (χ1) is 9.45. The van der Waals surface area contributed by atoms with E-state index in [2.05, 4.69) is 11.6 Å². The van der Waals surface area contributed by atoms with Crippen LogP contribution >= 0.6 is 11.6 Å². The fourth-order valence-corrected chi connectivity index (χ4v) is 5.07. The van der Waals surface area contributed by atoms with Crippen molar-refractivity contribution in [3.05, 3.63) is 35.9 Å². The van der Waals surface area contributed by atoms with Gasteiger partial charge in [0.2, 0.25) is 10.0 Å². The highest BCUT2D eigenvalue weighted by atomic mass is 35.5. The lowest BCUT2D eigenvalue weighted by Gasteiger charge is -2.39. The number of hydrogen-bond acceptors (Lipinski definition) is 2. The lowest BCUT2D eigenvalue weighted by molar-refractivity contribution is 0.239. The Morgan fingerprint density at radius 1 is 1.35 bits per heavy atom. The van der Waals surface area contributed by atoms with E-state index in [4.69, 9.17) is 11.6 Å². The summed E-state index contributed by atoms with van der Waals surface area (Å²) in [7, 11) is -3.36. The maximum Gasteiger partial charge on any atom is 0.216 e. The second-order valence-electron chi connectivity index (χ2n) is 5.96. The molecule has 0 spiro atoms. The third kappa shape index (κ3) is 4.21. The smallest absolute Gasteiger partial charge is 0.212 e. The van der Waals surface area contributed by atoms with Gasteiger partial charge < -0.3 is 0 Å². The van der Waals surface area contributed by atoms with Crippen molar-refractivity contribution in [3.8, 4) is 0 Å². The van der Waals surface area contributed by atoms with E-state index in [0.717, 1.165) is 31.2 Å². The van der Waals surface area contributed by atoms with Crippen molar-refractivity contribution in [3.63, 3.8) is 0 Å². The van der Waals surface area contributed by atoms with E-state index >= 15 is 0 Å². The maximum atomic E-state index is 12.4. The van der Waals surface area contributed by atoms with Gasteiger partial charge in [0, 0.05) is 11.4 Å². The normalized spacial score (nSPS) is 27.4. The molecule has 0 aromatic heterocycles. The Kier molecular flexibility index (Phi) is 5.10. The van der Waals surface area contributed by atoms with Crippen LogP contribution in [0.4, 0.5) is 0 Å². The topological polar surface area (TPSA) is 46.2 Å². The SMILES string of the molecule is CC1CCCC(CCl)(NS(=O)(=O)Cc2ccccc2)C1. The van der Waals surface area contributed by atoms with E-state index in [1.54, 1.807) is 0 Å². The molecule has 20 heavy (non-hydrogen) atoms. The lowest BCUT2D eigenvalue weighted by Crippen LogP contribution is -2.52. The van der Waals surface area contributed by atoms with Crippen molar-refractivity contribution in [1.82, 2.24) is 4.72 Å². The molecule has 0 saturated heterocycles. The van der Waals surface area contributed by atoms with Crippen LogP contribution in [0, 0.1) is 5.92 Å². The molecule has 1 aromatic rings. The molecule has 0 bridgehead atoms. The first-order valence-corrected chi connectivity index (χ1v) is 9.25. The Bertz CT molecular complexity index is 532. The number of hydrogen-bond donors (Lipinski definition) is 1. The minimum absolute atomic E-state index is 0.0147. The molecule has 2 unspecified atom stereocenters. The first-order valence-electron chi connectivity index (χ1n) is 7.06. The van der Waals surface area contributed by atoms with Gasteiger partial charge >= 0.3 is 0 Å². The van der Waals surface area contributed by atoms with Crippen molar-refractivity contribution in [2.75, 3.05) is 5.88 Å². The van der Waals surface area contributed by atoms with E-state index in [1.165, 1.54) is 0 Å². The molecule has 5 heteroatoms. The number of rotatable bonds is 5. The summed E-state index contributed by atoms with van der Waals surface area (Å²) in [4.78, 5) is 0. The zero-order valence-corrected chi connectivity index (χ0v) is 13.4. The van der Waals surface area contributed by atoms with E-state index in [9.17, 15) is 8.42 Å². The number of alkyl halides is 1. The summed E-state index contributed by atoms with van der Waals surface area (Å²) in [5, 5.41) is 0. The molecule has 1 N–H and O–H groups in total. The van der Waals surface area contributed by atoms with E-state index in [-0.39, 0.29) is 5.75 Å². The van der Waals surface area contributed by atoms with Crippen LogP contribution in [0.5, 0.6) is 0 Å². The molecule has 0 radical (unpaired) electrons. The zero-order chi connectivity index (χ0) is 14.6. The van der Waals surface area contributed by atoms with Gasteiger partial charge in [-0.1, -0.05) is 50.1 Å². The summed E-state index contributed by atoms with van der Waals surface area (Å²) in [5.41, 5.74) is 0.334. The monoisotopic (exact) mass is 315 g/mol. The summed E-state index contributed by atoms with van der Waals surface area (Å²) < 4.78 is 27.6. The molecule has 0 amide bonds. The Morgan fingerprint density at radius 2 is 2.05 bits per heavy atom.